The van der Waals surface area contributed by atoms with E-state index >= 15 is 0 Å². The number of hydrogen-bond acceptors (Lipinski definition) is 1. The van der Waals surface area contributed by atoms with Crippen molar-refractivity contribution >= 4 is 5.96 Å². The molecule has 0 amide bonds. The second-order valence-corrected chi connectivity index (χ2v) is 6.21. The Morgan fingerprint density at radius 1 is 1.21 bits per heavy atom. The molecule has 1 N–H and O–H groups in total. The van der Waals surface area contributed by atoms with Crippen molar-refractivity contribution in [3.63, 3.8) is 0 Å². The monoisotopic (exact) mass is 265 g/mol. The third-order valence-corrected chi connectivity index (χ3v) is 4.77. The minimum absolute atomic E-state index is 0.875. The molecule has 110 valence electrons. The van der Waals surface area contributed by atoms with Crippen molar-refractivity contribution < 1.29 is 0 Å². The number of rotatable bonds is 6. The number of hydrogen-bond donors (Lipinski definition) is 1. The first-order valence-corrected chi connectivity index (χ1v) is 8.31. The standard InChI is InChI=1S/C16H31N3/c1-4-14(5-2)15-9-10-19(12-15)16(17-6-3)18-11-13-7-8-13/h13-15H,4-12H2,1-3H3,(H,17,18). The molecule has 2 fully saturated rings. The summed E-state index contributed by atoms with van der Waals surface area (Å²) in [5.41, 5.74) is 0. The Hall–Kier alpha value is -0.730. The van der Waals surface area contributed by atoms with E-state index in [1.807, 2.05) is 0 Å². The Morgan fingerprint density at radius 3 is 2.53 bits per heavy atom. The van der Waals surface area contributed by atoms with Crippen LogP contribution in [0.5, 0.6) is 0 Å². The van der Waals surface area contributed by atoms with Gasteiger partial charge in [-0.25, -0.2) is 0 Å². The first-order valence-electron chi connectivity index (χ1n) is 8.31. The summed E-state index contributed by atoms with van der Waals surface area (Å²) in [4.78, 5) is 7.33. The fourth-order valence-corrected chi connectivity index (χ4v) is 3.26. The average Bonchev–Trinajstić information content (AvgIpc) is 3.13. The van der Waals surface area contributed by atoms with E-state index in [0.29, 0.717) is 0 Å². The smallest absolute Gasteiger partial charge is 0.193 e. The van der Waals surface area contributed by atoms with Crippen LogP contribution in [-0.2, 0) is 0 Å². The SMILES string of the molecule is CCNC(=NCC1CC1)N1CCC(C(CC)CC)C1. The maximum Gasteiger partial charge on any atom is 0.193 e. The van der Waals surface area contributed by atoms with E-state index in [1.165, 1.54) is 51.2 Å². The topological polar surface area (TPSA) is 27.6 Å². The Bertz CT molecular complexity index is 292. The second kappa shape index (κ2) is 7.16. The number of nitrogens with zero attached hydrogens (tertiary/aromatic N) is 2. The van der Waals surface area contributed by atoms with Crippen LogP contribution in [-0.4, -0.2) is 37.0 Å². The average molecular weight is 265 g/mol. The molecule has 3 nitrogen and oxygen atoms in total. The van der Waals surface area contributed by atoms with Gasteiger partial charge in [-0.2, -0.15) is 0 Å². The van der Waals surface area contributed by atoms with E-state index < -0.39 is 0 Å². The fraction of sp³-hybridized carbons (Fsp3) is 0.938. The summed E-state index contributed by atoms with van der Waals surface area (Å²) in [5.74, 6) is 3.82. The van der Waals surface area contributed by atoms with Gasteiger partial charge in [0.15, 0.2) is 5.96 Å². The highest BCUT2D eigenvalue weighted by Crippen LogP contribution is 2.30. The number of likely N-dealkylation sites (tertiary alicyclic amines) is 1. The van der Waals surface area contributed by atoms with Crippen LogP contribution < -0.4 is 5.32 Å². The lowest BCUT2D eigenvalue weighted by atomic mass is 9.87. The fourth-order valence-electron chi connectivity index (χ4n) is 3.26. The lowest BCUT2D eigenvalue weighted by molar-refractivity contribution is 0.319. The summed E-state index contributed by atoms with van der Waals surface area (Å²) in [7, 11) is 0. The zero-order valence-corrected chi connectivity index (χ0v) is 13.0. The van der Waals surface area contributed by atoms with Crippen molar-refractivity contribution in [3.05, 3.63) is 0 Å². The van der Waals surface area contributed by atoms with Gasteiger partial charge >= 0.3 is 0 Å². The van der Waals surface area contributed by atoms with Crippen LogP contribution in [0.1, 0.15) is 52.9 Å². The van der Waals surface area contributed by atoms with Crippen LogP contribution >= 0.6 is 0 Å². The van der Waals surface area contributed by atoms with Gasteiger partial charge in [0, 0.05) is 26.2 Å². The van der Waals surface area contributed by atoms with Crippen molar-refractivity contribution in [3.8, 4) is 0 Å². The molecule has 3 heteroatoms. The summed E-state index contributed by atoms with van der Waals surface area (Å²) < 4.78 is 0. The molecule has 0 aromatic heterocycles. The molecule has 2 aliphatic rings. The Kier molecular flexibility index (Phi) is 5.53. The van der Waals surface area contributed by atoms with Gasteiger partial charge in [-0.3, -0.25) is 4.99 Å². The van der Waals surface area contributed by atoms with Crippen molar-refractivity contribution in [1.29, 1.82) is 0 Å². The summed E-state index contributed by atoms with van der Waals surface area (Å²) in [5, 5.41) is 3.48. The van der Waals surface area contributed by atoms with Crippen molar-refractivity contribution in [2.75, 3.05) is 26.2 Å². The molecule has 2 rings (SSSR count). The molecule has 1 unspecified atom stereocenters. The van der Waals surface area contributed by atoms with Gasteiger partial charge < -0.3 is 10.2 Å². The lowest BCUT2D eigenvalue weighted by Gasteiger charge is -2.24. The molecule has 1 saturated carbocycles. The molecule has 1 heterocycles. The molecule has 1 saturated heterocycles. The minimum atomic E-state index is 0.875. The zero-order chi connectivity index (χ0) is 13.7. The van der Waals surface area contributed by atoms with Gasteiger partial charge in [0.05, 0.1) is 0 Å². The molecule has 0 aromatic rings. The summed E-state index contributed by atoms with van der Waals surface area (Å²) in [6.45, 7) is 11.3. The van der Waals surface area contributed by atoms with Crippen LogP contribution in [0.4, 0.5) is 0 Å². The lowest BCUT2D eigenvalue weighted by Crippen LogP contribution is -2.40. The van der Waals surface area contributed by atoms with Crippen LogP contribution in [0.3, 0.4) is 0 Å². The van der Waals surface area contributed by atoms with Crippen molar-refractivity contribution in [1.82, 2.24) is 10.2 Å². The third kappa shape index (κ3) is 4.12. The minimum Gasteiger partial charge on any atom is -0.357 e. The first-order chi connectivity index (χ1) is 9.28. The summed E-state index contributed by atoms with van der Waals surface area (Å²) in [6.07, 6.45) is 6.77. The molecule has 1 atom stereocenters. The predicted octanol–water partition coefficient (Wildman–Crippen LogP) is 3.12. The largest absolute Gasteiger partial charge is 0.357 e. The Balaban J connectivity index is 1.89. The molecule has 1 aliphatic carbocycles. The molecule has 0 spiro atoms. The molecular formula is C16H31N3. The molecule has 0 aromatic carbocycles. The zero-order valence-electron chi connectivity index (χ0n) is 13.0. The Labute approximate surface area is 118 Å². The molecule has 0 radical (unpaired) electrons. The highest BCUT2D eigenvalue weighted by Gasteiger charge is 2.29. The maximum absolute atomic E-state index is 4.83. The molecular weight excluding hydrogens is 234 g/mol. The number of guanidine groups is 1. The van der Waals surface area contributed by atoms with Crippen molar-refractivity contribution in [2.45, 2.75) is 52.9 Å². The van der Waals surface area contributed by atoms with Gasteiger partial charge in [0.2, 0.25) is 0 Å². The van der Waals surface area contributed by atoms with Gasteiger partial charge in [0.25, 0.3) is 0 Å². The van der Waals surface area contributed by atoms with E-state index in [2.05, 4.69) is 31.0 Å². The van der Waals surface area contributed by atoms with Crippen LogP contribution in [0.25, 0.3) is 0 Å². The van der Waals surface area contributed by atoms with Gasteiger partial charge in [-0.1, -0.05) is 26.7 Å². The van der Waals surface area contributed by atoms with Crippen LogP contribution in [0, 0.1) is 17.8 Å². The maximum atomic E-state index is 4.83. The molecule has 19 heavy (non-hydrogen) atoms. The normalized spacial score (nSPS) is 24.3. The second-order valence-electron chi connectivity index (χ2n) is 6.21. The third-order valence-electron chi connectivity index (χ3n) is 4.77. The molecule has 1 aliphatic heterocycles. The van der Waals surface area contributed by atoms with E-state index in [1.54, 1.807) is 0 Å². The molecule has 0 bridgehead atoms. The van der Waals surface area contributed by atoms with E-state index in [4.69, 9.17) is 4.99 Å². The quantitative estimate of drug-likeness (QED) is 0.590. The Morgan fingerprint density at radius 2 is 1.95 bits per heavy atom. The predicted molar refractivity (Wildman–Crippen MR) is 82.5 cm³/mol. The van der Waals surface area contributed by atoms with E-state index in [0.717, 1.165) is 30.8 Å². The van der Waals surface area contributed by atoms with Crippen LogP contribution in [0.15, 0.2) is 4.99 Å². The van der Waals surface area contributed by atoms with E-state index in [-0.39, 0.29) is 0 Å². The van der Waals surface area contributed by atoms with Crippen LogP contribution in [0.2, 0.25) is 0 Å². The van der Waals surface area contributed by atoms with Gasteiger partial charge in [-0.05, 0) is 43.9 Å². The van der Waals surface area contributed by atoms with E-state index in [9.17, 15) is 0 Å². The highest BCUT2D eigenvalue weighted by molar-refractivity contribution is 5.80. The highest BCUT2D eigenvalue weighted by atomic mass is 15.3. The number of nitrogens with one attached hydrogen (secondary N) is 1. The number of aliphatic imine (C=N–C) groups is 1. The summed E-state index contributed by atoms with van der Waals surface area (Å²) >= 11 is 0. The first kappa shape index (κ1) is 14.7. The summed E-state index contributed by atoms with van der Waals surface area (Å²) in [6, 6.07) is 0. The van der Waals surface area contributed by atoms with Gasteiger partial charge in [0.1, 0.15) is 0 Å². The van der Waals surface area contributed by atoms with Crippen molar-refractivity contribution in [2.24, 2.45) is 22.7 Å². The van der Waals surface area contributed by atoms with Gasteiger partial charge in [-0.15, -0.1) is 0 Å².